The fraction of sp³-hybridized carbons (Fsp3) is 0.667. The Hall–Kier alpha value is -0.380. The Bertz CT molecular complexity index is 415. The van der Waals surface area contributed by atoms with Gasteiger partial charge in [-0.2, -0.15) is 0 Å². The van der Waals surface area contributed by atoms with Crippen molar-refractivity contribution in [3.63, 3.8) is 0 Å². The molecule has 0 amide bonds. The second kappa shape index (κ2) is 8.92. The van der Waals surface area contributed by atoms with Crippen molar-refractivity contribution in [2.45, 2.75) is 39.0 Å². The lowest BCUT2D eigenvalue weighted by Crippen LogP contribution is -2.28. The van der Waals surface area contributed by atoms with E-state index in [0.29, 0.717) is 11.8 Å². The predicted molar refractivity (Wildman–Crippen MR) is 92.8 cm³/mol. The van der Waals surface area contributed by atoms with Crippen molar-refractivity contribution < 1.29 is 4.74 Å². The summed E-state index contributed by atoms with van der Waals surface area (Å²) in [5, 5.41) is 3.65. The van der Waals surface area contributed by atoms with Crippen molar-refractivity contribution in [1.29, 1.82) is 0 Å². The number of hydrogen-bond donors (Lipinski definition) is 1. The first kappa shape index (κ1) is 17.0. The van der Waals surface area contributed by atoms with E-state index in [4.69, 9.17) is 4.74 Å². The van der Waals surface area contributed by atoms with E-state index >= 15 is 0 Å². The summed E-state index contributed by atoms with van der Waals surface area (Å²) >= 11 is 3.73. The molecule has 1 aliphatic rings. The maximum absolute atomic E-state index is 5.50. The lowest BCUT2D eigenvalue weighted by molar-refractivity contribution is 0.0616. The molecule has 2 nitrogen and oxygen atoms in total. The Morgan fingerprint density at radius 1 is 1.19 bits per heavy atom. The highest BCUT2D eigenvalue weighted by Crippen LogP contribution is 2.32. The number of rotatable bonds is 7. The second-order valence-corrected chi connectivity index (χ2v) is 7.42. The Kier molecular flexibility index (Phi) is 7.21. The van der Waals surface area contributed by atoms with Crippen LogP contribution in [0.15, 0.2) is 28.7 Å². The van der Waals surface area contributed by atoms with E-state index in [1.165, 1.54) is 29.3 Å². The zero-order valence-electron chi connectivity index (χ0n) is 13.3. The molecule has 1 saturated heterocycles. The standard InChI is InChI=1S/C18H28BrNO/c1-14(2)12-20-13-16(11-15-7-9-21-10-8-15)17-5-3-4-6-18(17)19/h3-6,14-16,20H,7-13H2,1-2H3. The summed E-state index contributed by atoms with van der Waals surface area (Å²) in [5.41, 5.74) is 1.44. The molecule has 2 rings (SSSR count). The van der Waals surface area contributed by atoms with Crippen LogP contribution in [-0.4, -0.2) is 26.3 Å². The largest absolute Gasteiger partial charge is 0.381 e. The summed E-state index contributed by atoms with van der Waals surface area (Å²) in [6.07, 6.45) is 3.69. The molecule has 1 atom stereocenters. The molecule has 0 saturated carbocycles. The maximum atomic E-state index is 5.50. The van der Waals surface area contributed by atoms with E-state index in [1.807, 2.05) is 0 Å². The number of halogens is 1. The van der Waals surface area contributed by atoms with Gasteiger partial charge in [-0.1, -0.05) is 48.0 Å². The van der Waals surface area contributed by atoms with E-state index in [0.717, 1.165) is 32.2 Å². The molecule has 118 valence electrons. The van der Waals surface area contributed by atoms with Gasteiger partial charge in [0.15, 0.2) is 0 Å². The number of ether oxygens (including phenoxy) is 1. The summed E-state index contributed by atoms with van der Waals surface area (Å²) in [6, 6.07) is 8.68. The van der Waals surface area contributed by atoms with Gasteiger partial charge in [-0.3, -0.25) is 0 Å². The molecule has 1 fully saturated rings. The van der Waals surface area contributed by atoms with Crippen molar-refractivity contribution in [2.75, 3.05) is 26.3 Å². The molecule has 0 bridgehead atoms. The van der Waals surface area contributed by atoms with Crippen LogP contribution < -0.4 is 5.32 Å². The SMILES string of the molecule is CC(C)CNCC(CC1CCOCC1)c1ccccc1Br. The molecule has 0 aliphatic carbocycles. The quantitative estimate of drug-likeness (QED) is 0.773. The van der Waals surface area contributed by atoms with Crippen LogP contribution in [0.1, 0.15) is 44.6 Å². The minimum atomic E-state index is 0.586. The van der Waals surface area contributed by atoms with Crippen molar-refractivity contribution >= 4 is 15.9 Å². The second-order valence-electron chi connectivity index (χ2n) is 6.56. The first-order valence-electron chi connectivity index (χ1n) is 8.19. The van der Waals surface area contributed by atoms with E-state index < -0.39 is 0 Å². The first-order valence-corrected chi connectivity index (χ1v) is 8.99. The zero-order valence-corrected chi connectivity index (χ0v) is 14.9. The zero-order chi connectivity index (χ0) is 15.1. The third kappa shape index (κ3) is 5.72. The van der Waals surface area contributed by atoms with Crippen molar-refractivity contribution in [3.8, 4) is 0 Å². The minimum absolute atomic E-state index is 0.586. The van der Waals surface area contributed by atoms with Crippen LogP contribution in [0.2, 0.25) is 0 Å². The topological polar surface area (TPSA) is 21.3 Å². The first-order chi connectivity index (χ1) is 10.2. The molecule has 1 unspecified atom stereocenters. The highest BCUT2D eigenvalue weighted by Gasteiger charge is 2.21. The highest BCUT2D eigenvalue weighted by atomic mass is 79.9. The van der Waals surface area contributed by atoms with Gasteiger partial charge in [-0.25, -0.2) is 0 Å². The Balaban J connectivity index is 2.00. The molecule has 1 aromatic carbocycles. The van der Waals surface area contributed by atoms with Gasteiger partial charge in [-0.15, -0.1) is 0 Å². The third-order valence-corrected chi connectivity index (χ3v) is 4.97. The summed E-state index contributed by atoms with van der Waals surface area (Å²) in [5.74, 6) is 2.09. The van der Waals surface area contributed by atoms with E-state index in [-0.39, 0.29) is 0 Å². The number of hydrogen-bond acceptors (Lipinski definition) is 2. The fourth-order valence-electron chi connectivity index (χ4n) is 3.06. The summed E-state index contributed by atoms with van der Waals surface area (Å²) in [7, 11) is 0. The van der Waals surface area contributed by atoms with E-state index in [9.17, 15) is 0 Å². The van der Waals surface area contributed by atoms with Gasteiger partial charge in [0.1, 0.15) is 0 Å². The van der Waals surface area contributed by atoms with Gasteiger partial charge >= 0.3 is 0 Å². The van der Waals surface area contributed by atoms with E-state index in [1.54, 1.807) is 0 Å². The molecular formula is C18H28BrNO. The maximum Gasteiger partial charge on any atom is 0.0468 e. The van der Waals surface area contributed by atoms with Crippen LogP contribution in [-0.2, 0) is 4.74 Å². The van der Waals surface area contributed by atoms with Crippen LogP contribution >= 0.6 is 15.9 Å². The molecular weight excluding hydrogens is 326 g/mol. The highest BCUT2D eigenvalue weighted by molar-refractivity contribution is 9.10. The fourth-order valence-corrected chi connectivity index (χ4v) is 3.67. The molecule has 1 N–H and O–H groups in total. The van der Waals surface area contributed by atoms with Gasteiger partial charge in [0.2, 0.25) is 0 Å². The van der Waals surface area contributed by atoms with Gasteiger partial charge in [0, 0.05) is 24.2 Å². The van der Waals surface area contributed by atoms with Crippen molar-refractivity contribution in [3.05, 3.63) is 34.3 Å². The van der Waals surface area contributed by atoms with Crippen LogP contribution in [0.3, 0.4) is 0 Å². The van der Waals surface area contributed by atoms with Gasteiger partial charge in [-0.05, 0) is 55.2 Å². The molecule has 21 heavy (non-hydrogen) atoms. The van der Waals surface area contributed by atoms with E-state index in [2.05, 4.69) is 59.4 Å². The van der Waals surface area contributed by atoms with Gasteiger partial charge in [0.05, 0.1) is 0 Å². The molecule has 0 spiro atoms. The van der Waals surface area contributed by atoms with Gasteiger partial charge < -0.3 is 10.1 Å². The van der Waals surface area contributed by atoms with Crippen LogP contribution in [0, 0.1) is 11.8 Å². The Labute approximate surface area is 137 Å². The summed E-state index contributed by atoms with van der Waals surface area (Å²) in [4.78, 5) is 0. The van der Waals surface area contributed by atoms with Crippen molar-refractivity contribution in [2.24, 2.45) is 11.8 Å². The molecule has 3 heteroatoms. The average molecular weight is 354 g/mol. The number of benzene rings is 1. The Morgan fingerprint density at radius 2 is 1.90 bits per heavy atom. The number of nitrogens with one attached hydrogen (secondary N) is 1. The van der Waals surface area contributed by atoms with Crippen LogP contribution in [0.25, 0.3) is 0 Å². The average Bonchev–Trinajstić information content (AvgIpc) is 2.47. The molecule has 1 heterocycles. The lowest BCUT2D eigenvalue weighted by atomic mass is 9.85. The predicted octanol–water partition coefficient (Wildman–Crippen LogP) is 4.60. The third-order valence-electron chi connectivity index (χ3n) is 4.25. The summed E-state index contributed by atoms with van der Waals surface area (Å²) < 4.78 is 6.74. The normalized spacial score (nSPS) is 18.1. The minimum Gasteiger partial charge on any atom is -0.381 e. The summed E-state index contributed by atoms with van der Waals surface area (Å²) in [6.45, 7) is 8.56. The van der Waals surface area contributed by atoms with Gasteiger partial charge in [0.25, 0.3) is 0 Å². The smallest absolute Gasteiger partial charge is 0.0468 e. The monoisotopic (exact) mass is 353 g/mol. The van der Waals surface area contributed by atoms with Crippen molar-refractivity contribution in [1.82, 2.24) is 5.32 Å². The Morgan fingerprint density at radius 3 is 2.57 bits per heavy atom. The molecule has 1 aromatic rings. The molecule has 0 aromatic heterocycles. The molecule has 0 radical (unpaired) electrons. The molecule has 1 aliphatic heterocycles. The lowest BCUT2D eigenvalue weighted by Gasteiger charge is -2.28. The van der Waals surface area contributed by atoms with Crippen LogP contribution in [0.5, 0.6) is 0 Å². The van der Waals surface area contributed by atoms with Crippen LogP contribution in [0.4, 0.5) is 0 Å².